The minimum absolute atomic E-state index is 0.188. The molecule has 112 valence electrons. The second kappa shape index (κ2) is 7.70. The van der Waals surface area contributed by atoms with Gasteiger partial charge in [0, 0.05) is 17.3 Å². The molecule has 2 N–H and O–H groups in total. The molecule has 0 aliphatic rings. The molecule has 0 heterocycles. The first-order valence-corrected chi connectivity index (χ1v) is 6.61. The van der Waals surface area contributed by atoms with Crippen LogP contribution in [0.25, 0.3) is 0 Å². The van der Waals surface area contributed by atoms with E-state index in [1.807, 2.05) is 0 Å². The van der Waals surface area contributed by atoms with E-state index < -0.39 is 0 Å². The molecule has 0 unspecified atom stereocenters. The van der Waals surface area contributed by atoms with Crippen molar-refractivity contribution in [1.82, 2.24) is 5.32 Å². The maximum Gasteiger partial charge on any atom is 0.319 e. The van der Waals surface area contributed by atoms with E-state index in [1.165, 1.54) is 12.1 Å². The van der Waals surface area contributed by atoms with Crippen molar-refractivity contribution in [2.24, 2.45) is 0 Å². The van der Waals surface area contributed by atoms with E-state index in [1.54, 1.807) is 43.5 Å². The summed E-state index contributed by atoms with van der Waals surface area (Å²) in [5, 5.41) is 5.29. The third kappa shape index (κ3) is 4.84. The first-order valence-electron chi connectivity index (χ1n) is 6.61. The Morgan fingerprint density at radius 1 is 1.23 bits per heavy atom. The predicted octanol–water partition coefficient (Wildman–Crippen LogP) is 3.01. The molecule has 0 aliphatic carbocycles. The lowest BCUT2D eigenvalue weighted by Gasteiger charge is -2.06. The van der Waals surface area contributed by atoms with E-state index in [2.05, 4.69) is 22.5 Å². The van der Waals surface area contributed by atoms with Crippen molar-refractivity contribution in [2.45, 2.75) is 0 Å². The highest BCUT2D eigenvalue weighted by atomic mass is 19.1. The Bertz CT molecular complexity index is 703. The monoisotopic (exact) mass is 298 g/mol. The summed E-state index contributed by atoms with van der Waals surface area (Å²) in [4.78, 5) is 11.7. The lowest BCUT2D eigenvalue weighted by molar-refractivity contribution is 0.253. The number of halogens is 1. The average molecular weight is 298 g/mol. The average Bonchev–Trinajstić information content (AvgIpc) is 2.53. The van der Waals surface area contributed by atoms with Crippen LogP contribution < -0.4 is 15.4 Å². The molecule has 2 amide bonds. The number of urea groups is 1. The quantitative estimate of drug-likeness (QED) is 0.856. The van der Waals surface area contributed by atoms with Crippen LogP contribution in [0.15, 0.2) is 48.5 Å². The number of carbonyl (C=O) groups excluding carboxylic acids is 1. The van der Waals surface area contributed by atoms with Gasteiger partial charge in [0.1, 0.15) is 11.6 Å². The molecular weight excluding hydrogens is 283 g/mol. The Hall–Kier alpha value is -3.00. The summed E-state index contributed by atoms with van der Waals surface area (Å²) in [6, 6.07) is 12.5. The predicted molar refractivity (Wildman–Crippen MR) is 83.3 cm³/mol. The first kappa shape index (κ1) is 15.4. The summed E-state index contributed by atoms with van der Waals surface area (Å²) in [6.45, 7) is 0.188. The Morgan fingerprint density at radius 3 is 2.73 bits per heavy atom. The number of anilines is 1. The normalized spacial score (nSPS) is 9.36. The highest BCUT2D eigenvalue weighted by molar-refractivity contribution is 5.89. The van der Waals surface area contributed by atoms with E-state index in [0.29, 0.717) is 17.0 Å². The Labute approximate surface area is 128 Å². The zero-order valence-corrected chi connectivity index (χ0v) is 12.0. The van der Waals surface area contributed by atoms with E-state index in [9.17, 15) is 9.18 Å². The van der Waals surface area contributed by atoms with Crippen molar-refractivity contribution in [3.05, 3.63) is 59.9 Å². The molecule has 0 saturated carbocycles. The largest absolute Gasteiger partial charge is 0.497 e. The minimum Gasteiger partial charge on any atom is -0.497 e. The molecule has 0 aliphatic heterocycles. The third-order valence-electron chi connectivity index (χ3n) is 2.74. The second-order valence-corrected chi connectivity index (χ2v) is 4.35. The van der Waals surface area contributed by atoms with Crippen molar-refractivity contribution >= 4 is 11.7 Å². The first-order chi connectivity index (χ1) is 10.7. The van der Waals surface area contributed by atoms with Crippen LogP contribution in [0.3, 0.4) is 0 Å². The number of rotatable bonds is 3. The SMILES string of the molecule is COc1cccc(NC(=O)NCC#Cc2ccc(F)cc2)c1. The summed E-state index contributed by atoms with van der Waals surface area (Å²) in [6.07, 6.45) is 0. The number of nitrogens with one attached hydrogen (secondary N) is 2. The van der Waals surface area contributed by atoms with Gasteiger partial charge in [-0.2, -0.15) is 0 Å². The van der Waals surface area contributed by atoms with Crippen molar-refractivity contribution in [2.75, 3.05) is 19.0 Å². The molecule has 0 spiro atoms. The topological polar surface area (TPSA) is 50.4 Å². The molecule has 0 atom stereocenters. The molecule has 22 heavy (non-hydrogen) atoms. The number of ether oxygens (including phenoxy) is 1. The highest BCUT2D eigenvalue weighted by Crippen LogP contribution is 2.16. The van der Waals surface area contributed by atoms with Crippen molar-refractivity contribution in [1.29, 1.82) is 0 Å². The van der Waals surface area contributed by atoms with Crippen LogP contribution in [0.4, 0.5) is 14.9 Å². The molecular formula is C17H15FN2O2. The van der Waals surface area contributed by atoms with E-state index in [-0.39, 0.29) is 18.4 Å². The fraction of sp³-hybridized carbons (Fsp3) is 0.118. The van der Waals surface area contributed by atoms with Crippen LogP contribution in [0.1, 0.15) is 5.56 Å². The molecule has 0 aromatic heterocycles. The Morgan fingerprint density at radius 2 is 2.00 bits per heavy atom. The van der Waals surface area contributed by atoms with Gasteiger partial charge < -0.3 is 15.4 Å². The maximum atomic E-state index is 12.7. The van der Waals surface area contributed by atoms with Gasteiger partial charge in [-0.3, -0.25) is 0 Å². The highest BCUT2D eigenvalue weighted by Gasteiger charge is 2.00. The van der Waals surface area contributed by atoms with Crippen LogP contribution in [0.2, 0.25) is 0 Å². The standard InChI is InChI=1S/C17H15FN2O2/c1-22-16-6-2-5-15(12-16)20-17(21)19-11-3-4-13-7-9-14(18)10-8-13/h2,5-10,12H,11H2,1H3,(H2,19,20,21). The molecule has 4 nitrogen and oxygen atoms in total. The van der Waals surface area contributed by atoms with Gasteiger partial charge in [-0.05, 0) is 36.4 Å². The van der Waals surface area contributed by atoms with Gasteiger partial charge in [0.05, 0.1) is 13.7 Å². The lowest BCUT2D eigenvalue weighted by atomic mass is 10.2. The number of carbonyl (C=O) groups is 1. The van der Waals surface area contributed by atoms with Crippen molar-refractivity contribution < 1.29 is 13.9 Å². The Balaban J connectivity index is 1.82. The van der Waals surface area contributed by atoms with Gasteiger partial charge in [0.25, 0.3) is 0 Å². The second-order valence-electron chi connectivity index (χ2n) is 4.35. The molecule has 5 heteroatoms. The molecule has 0 radical (unpaired) electrons. The van der Waals surface area contributed by atoms with E-state index in [0.717, 1.165) is 0 Å². The smallest absolute Gasteiger partial charge is 0.319 e. The zero-order chi connectivity index (χ0) is 15.8. The Kier molecular flexibility index (Phi) is 5.38. The summed E-state index contributed by atoms with van der Waals surface area (Å²) in [5.41, 5.74) is 1.32. The van der Waals surface area contributed by atoms with E-state index >= 15 is 0 Å². The summed E-state index contributed by atoms with van der Waals surface area (Å²) < 4.78 is 17.8. The minimum atomic E-state index is -0.360. The number of hydrogen-bond donors (Lipinski definition) is 2. The van der Waals surface area contributed by atoms with Gasteiger partial charge in [0.15, 0.2) is 0 Å². The van der Waals surface area contributed by atoms with Gasteiger partial charge in [0.2, 0.25) is 0 Å². The molecule has 0 bridgehead atoms. The van der Waals surface area contributed by atoms with Crippen LogP contribution in [-0.2, 0) is 0 Å². The van der Waals surface area contributed by atoms with E-state index in [4.69, 9.17) is 4.74 Å². The van der Waals surface area contributed by atoms with Gasteiger partial charge in [-0.25, -0.2) is 9.18 Å². The third-order valence-corrected chi connectivity index (χ3v) is 2.74. The molecule has 0 fully saturated rings. The maximum absolute atomic E-state index is 12.7. The summed E-state index contributed by atoms with van der Waals surface area (Å²) in [5.74, 6) is 5.98. The van der Waals surface area contributed by atoms with Crippen LogP contribution >= 0.6 is 0 Å². The van der Waals surface area contributed by atoms with Gasteiger partial charge in [-0.1, -0.05) is 17.9 Å². The number of hydrogen-bond acceptors (Lipinski definition) is 2. The van der Waals surface area contributed by atoms with Crippen LogP contribution in [0.5, 0.6) is 5.75 Å². The van der Waals surface area contributed by atoms with Crippen molar-refractivity contribution in [3.8, 4) is 17.6 Å². The van der Waals surface area contributed by atoms with Gasteiger partial charge in [-0.15, -0.1) is 0 Å². The van der Waals surface area contributed by atoms with Crippen molar-refractivity contribution in [3.63, 3.8) is 0 Å². The van der Waals surface area contributed by atoms with Crippen LogP contribution in [-0.4, -0.2) is 19.7 Å². The summed E-state index contributed by atoms with van der Waals surface area (Å²) in [7, 11) is 1.56. The fourth-order valence-corrected chi connectivity index (χ4v) is 1.68. The lowest BCUT2D eigenvalue weighted by Crippen LogP contribution is -2.28. The molecule has 0 saturated heterocycles. The molecule has 2 aromatic rings. The van der Waals surface area contributed by atoms with Gasteiger partial charge >= 0.3 is 6.03 Å². The molecule has 2 aromatic carbocycles. The van der Waals surface area contributed by atoms with Crippen LogP contribution in [0, 0.1) is 17.7 Å². The number of amides is 2. The summed E-state index contributed by atoms with van der Waals surface area (Å²) >= 11 is 0. The fourth-order valence-electron chi connectivity index (χ4n) is 1.68. The molecule has 2 rings (SSSR count). The zero-order valence-electron chi connectivity index (χ0n) is 12.0. The number of methoxy groups -OCH3 is 1. The number of benzene rings is 2.